The minimum absolute atomic E-state index is 0.153. The summed E-state index contributed by atoms with van der Waals surface area (Å²) in [5.41, 5.74) is 0.246. The second kappa shape index (κ2) is 7.96. The molecular formula is C17H35NO2S. The zero-order valence-corrected chi connectivity index (χ0v) is 15.4. The van der Waals surface area contributed by atoms with Crippen molar-refractivity contribution in [1.82, 2.24) is 5.32 Å². The van der Waals surface area contributed by atoms with Crippen molar-refractivity contribution in [2.75, 3.05) is 12.3 Å². The van der Waals surface area contributed by atoms with Crippen LogP contribution in [0.5, 0.6) is 0 Å². The van der Waals surface area contributed by atoms with Crippen molar-refractivity contribution >= 4 is 9.84 Å². The second-order valence-corrected chi connectivity index (χ2v) is 9.61. The van der Waals surface area contributed by atoms with Gasteiger partial charge in [0.15, 0.2) is 9.84 Å². The third kappa shape index (κ3) is 4.95. The highest BCUT2D eigenvalue weighted by atomic mass is 32.2. The number of unbranched alkanes of at least 4 members (excludes halogenated alkanes) is 1. The summed E-state index contributed by atoms with van der Waals surface area (Å²) < 4.78 is 25.5. The van der Waals surface area contributed by atoms with Gasteiger partial charge in [0, 0.05) is 6.04 Å². The molecule has 1 rings (SSSR count). The van der Waals surface area contributed by atoms with Gasteiger partial charge in [0.1, 0.15) is 0 Å². The molecule has 1 aliphatic rings. The molecule has 0 heterocycles. The third-order valence-corrected chi connectivity index (χ3v) is 7.82. The van der Waals surface area contributed by atoms with E-state index in [1.807, 2.05) is 0 Å². The average molecular weight is 318 g/mol. The Labute approximate surface area is 132 Å². The molecule has 3 nitrogen and oxygen atoms in total. The van der Waals surface area contributed by atoms with Crippen LogP contribution >= 0.6 is 0 Å². The highest BCUT2D eigenvalue weighted by Gasteiger charge is 2.42. The van der Waals surface area contributed by atoms with Gasteiger partial charge in [-0.25, -0.2) is 8.42 Å². The summed E-state index contributed by atoms with van der Waals surface area (Å²) in [5, 5.41) is 3.24. The average Bonchev–Trinajstić information content (AvgIpc) is 2.45. The van der Waals surface area contributed by atoms with Crippen LogP contribution in [0.1, 0.15) is 73.1 Å². The van der Waals surface area contributed by atoms with Crippen LogP contribution in [0.25, 0.3) is 0 Å². The Bertz CT molecular complexity index is 403. The molecule has 4 heteroatoms. The summed E-state index contributed by atoms with van der Waals surface area (Å²) >= 11 is 0. The minimum Gasteiger partial charge on any atom is -0.313 e. The minimum atomic E-state index is -2.98. The molecule has 0 aromatic heterocycles. The lowest BCUT2D eigenvalue weighted by atomic mass is 9.68. The van der Waals surface area contributed by atoms with Crippen molar-refractivity contribution in [3.05, 3.63) is 0 Å². The first-order valence-electron chi connectivity index (χ1n) is 8.73. The molecule has 3 unspecified atom stereocenters. The maximum atomic E-state index is 12.8. The Morgan fingerprint density at radius 1 is 1.14 bits per heavy atom. The lowest BCUT2D eigenvalue weighted by molar-refractivity contribution is 0.139. The van der Waals surface area contributed by atoms with Crippen LogP contribution in [0, 0.1) is 11.3 Å². The first kappa shape index (κ1) is 19.0. The number of hydrogen-bond acceptors (Lipinski definition) is 3. The predicted molar refractivity (Wildman–Crippen MR) is 91.4 cm³/mol. The van der Waals surface area contributed by atoms with Crippen molar-refractivity contribution in [1.29, 1.82) is 0 Å². The summed E-state index contributed by atoms with van der Waals surface area (Å²) in [6.45, 7) is 11.8. The lowest BCUT2D eigenvalue weighted by Crippen LogP contribution is -2.50. The SMILES string of the molecule is CCCCS(=O)(=O)C1CC(C(C)(C)CC)CCC1NCC. The molecule has 0 radical (unpaired) electrons. The first-order chi connectivity index (χ1) is 9.78. The van der Waals surface area contributed by atoms with Crippen LogP contribution in [0.3, 0.4) is 0 Å². The summed E-state index contributed by atoms with van der Waals surface area (Å²) in [6, 6.07) is 0.153. The topological polar surface area (TPSA) is 46.2 Å². The molecule has 126 valence electrons. The van der Waals surface area contributed by atoms with Crippen LogP contribution in [0.15, 0.2) is 0 Å². The summed E-state index contributed by atoms with van der Waals surface area (Å²) in [7, 11) is -2.98. The fourth-order valence-corrected chi connectivity index (χ4v) is 5.77. The Kier molecular flexibility index (Phi) is 7.18. The van der Waals surface area contributed by atoms with Crippen LogP contribution < -0.4 is 5.32 Å². The highest BCUT2D eigenvalue weighted by molar-refractivity contribution is 7.92. The van der Waals surface area contributed by atoms with Gasteiger partial charge in [0.05, 0.1) is 11.0 Å². The number of nitrogens with one attached hydrogen (secondary N) is 1. The lowest BCUT2D eigenvalue weighted by Gasteiger charge is -2.43. The van der Waals surface area contributed by atoms with Gasteiger partial charge in [-0.2, -0.15) is 0 Å². The van der Waals surface area contributed by atoms with Crippen molar-refractivity contribution in [2.24, 2.45) is 11.3 Å². The quantitative estimate of drug-likeness (QED) is 0.741. The molecule has 1 aliphatic carbocycles. The highest BCUT2D eigenvalue weighted by Crippen LogP contribution is 2.42. The van der Waals surface area contributed by atoms with E-state index < -0.39 is 9.84 Å². The Balaban J connectivity index is 2.91. The zero-order chi connectivity index (χ0) is 16.1. The largest absolute Gasteiger partial charge is 0.313 e. The molecule has 0 aliphatic heterocycles. The second-order valence-electron chi connectivity index (χ2n) is 7.28. The molecule has 1 fully saturated rings. The van der Waals surface area contributed by atoms with E-state index in [-0.39, 0.29) is 16.7 Å². The van der Waals surface area contributed by atoms with E-state index in [0.717, 1.165) is 45.1 Å². The summed E-state index contributed by atoms with van der Waals surface area (Å²) in [6.07, 6.45) is 5.84. The standard InChI is InChI=1S/C17H35NO2S/c1-6-9-12-21(19,20)16-13-14(17(4,5)7-2)10-11-15(16)18-8-3/h14-16,18H,6-13H2,1-5H3. The van der Waals surface area contributed by atoms with Gasteiger partial charge in [-0.15, -0.1) is 0 Å². The first-order valence-corrected chi connectivity index (χ1v) is 10.4. The maximum Gasteiger partial charge on any atom is 0.154 e. The molecule has 0 bridgehead atoms. The monoisotopic (exact) mass is 317 g/mol. The van der Waals surface area contributed by atoms with E-state index in [1.54, 1.807) is 0 Å². The van der Waals surface area contributed by atoms with Crippen molar-refractivity contribution in [3.63, 3.8) is 0 Å². The number of rotatable bonds is 8. The molecule has 1 saturated carbocycles. The fraction of sp³-hybridized carbons (Fsp3) is 1.00. The Morgan fingerprint density at radius 3 is 2.33 bits per heavy atom. The molecular weight excluding hydrogens is 282 g/mol. The maximum absolute atomic E-state index is 12.8. The van der Waals surface area contributed by atoms with Crippen LogP contribution in [0.2, 0.25) is 0 Å². The van der Waals surface area contributed by atoms with E-state index in [2.05, 4.69) is 39.9 Å². The normalized spacial score (nSPS) is 27.8. The number of hydrogen-bond donors (Lipinski definition) is 1. The van der Waals surface area contributed by atoms with Gasteiger partial charge in [-0.05, 0) is 43.6 Å². The van der Waals surface area contributed by atoms with Crippen LogP contribution in [-0.2, 0) is 9.84 Å². The van der Waals surface area contributed by atoms with Crippen molar-refractivity contribution < 1.29 is 8.42 Å². The van der Waals surface area contributed by atoms with Gasteiger partial charge >= 0.3 is 0 Å². The molecule has 21 heavy (non-hydrogen) atoms. The van der Waals surface area contributed by atoms with Gasteiger partial charge in [-0.3, -0.25) is 0 Å². The van der Waals surface area contributed by atoms with E-state index in [1.165, 1.54) is 0 Å². The molecule has 0 spiro atoms. The van der Waals surface area contributed by atoms with Gasteiger partial charge in [-0.1, -0.05) is 47.5 Å². The Hall–Kier alpha value is -0.0900. The zero-order valence-electron chi connectivity index (χ0n) is 14.6. The molecule has 0 saturated heterocycles. The number of sulfone groups is 1. The Morgan fingerprint density at radius 2 is 1.81 bits per heavy atom. The van der Waals surface area contributed by atoms with Gasteiger partial charge in [0.2, 0.25) is 0 Å². The van der Waals surface area contributed by atoms with E-state index in [4.69, 9.17) is 0 Å². The summed E-state index contributed by atoms with van der Waals surface area (Å²) in [5.74, 6) is 0.883. The molecule has 1 N–H and O–H groups in total. The fourth-order valence-electron chi connectivity index (χ4n) is 3.52. The van der Waals surface area contributed by atoms with E-state index >= 15 is 0 Å². The predicted octanol–water partition coefficient (Wildman–Crippen LogP) is 3.78. The smallest absolute Gasteiger partial charge is 0.154 e. The van der Waals surface area contributed by atoms with Crippen LogP contribution in [0.4, 0.5) is 0 Å². The van der Waals surface area contributed by atoms with E-state index in [9.17, 15) is 8.42 Å². The van der Waals surface area contributed by atoms with Gasteiger partial charge in [0.25, 0.3) is 0 Å². The summed E-state index contributed by atoms with van der Waals surface area (Å²) in [4.78, 5) is 0. The molecule has 3 atom stereocenters. The van der Waals surface area contributed by atoms with Crippen LogP contribution in [-0.4, -0.2) is 32.0 Å². The van der Waals surface area contributed by atoms with Crippen molar-refractivity contribution in [2.45, 2.75) is 84.4 Å². The molecule has 0 aromatic carbocycles. The van der Waals surface area contributed by atoms with E-state index in [0.29, 0.717) is 11.7 Å². The van der Waals surface area contributed by atoms with Crippen molar-refractivity contribution in [3.8, 4) is 0 Å². The molecule has 0 aromatic rings. The van der Waals surface area contributed by atoms with Gasteiger partial charge < -0.3 is 5.32 Å². The molecule has 0 amide bonds. The third-order valence-electron chi connectivity index (χ3n) is 5.52.